The standard InChI is InChI=1S/C9H13NO.C8H17N/c1-10(2)7-8-5-3-4-6-9(8)11;1-9(2)8-6-4-3-5-7-8/h3-6,11H,7H2,1-2H3;8H,3-7H2,1-2H3. The van der Waals surface area contributed by atoms with E-state index in [0.717, 1.165) is 18.2 Å². The number of hydrogen-bond acceptors (Lipinski definition) is 3. The zero-order chi connectivity index (χ0) is 15.0. The predicted octanol–water partition coefficient (Wildman–Crippen LogP) is 3.33. The Morgan fingerprint density at radius 2 is 1.60 bits per heavy atom. The van der Waals surface area contributed by atoms with Gasteiger partial charge in [-0.1, -0.05) is 37.5 Å². The maximum Gasteiger partial charge on any atom is 0.120 e. The van der Waals surface area contributed by atoms with E-state index in [4.69, 9.17) is 0 Å². The lowest BCUT2D eigenvalue weighted by Crippen LogP contribution is -2.29. The summed E-state index contributed by atoms with van der Waals surface area (Å²) in [4.78, 5) is 4.38. The fraction of sp³-hybridized carbons (Fsp3) is 0.647. The first-order chi connectivity index (χ1) is 9.50. The van der Waals surface area contributed by atoms with E-state index in [2.05, 4.69) is 19.0 Å². The molecular weight excluding hydrogens is 248 g/mol. The van der Waals surface area contributed by atoms with Crippen molar-refractivity contribution in [1.82, 2.24) is 9.80 Å². The van der Waals surface area contributed by atoms with E-state index in [9.17, 15) is 5.11 Å². The lowest BCUT2D eigenvalue weighted by atomic mass is 9.95. The Kier molecular flexibility index (Phi) is 7.63. The molecule has 0 unspecified atom stereocenters. The highest BCUT2D eigenvalue weighted by molar-refractivity contribution is 5.31. The van der Waals surface area contributed by atoms with Crippen LogP contribution in [0.15, 0.2) is 24.3 Å². The van der Waals surface area contributed by atoms with E-state index < -0.39 is 0 Å². The number of aromatic hydroxyl groups is 1. The third-order valence-corrected chi connectivity index (χ3v) is 3.78. The summed E-state index contributed by atoms with van der Waals surface area (Å²) in [5, 5.41) is 9.33. The van der Waals surface area contributed by atoms with Crippen LogP contribution in [0.1, 0.15) is 37.7 Å². The van der Waals surface area contributed by atoms with E-state index in [-0.39, 0.29) is 0 Å². The summed E-state index contributed by atoms with van der Waals surface area (Å²) >= 11 is 0. The number of phenols is 1. The van der Waals surface area contributed by atoms with Crippen molar-refractivity contribution in [3.8, 4) is 5.75 Å². The highest BCUT2D eigenvalue weighted by Crippen LogP contribution is 2.20. The first-order valence-electron chi connectivity index (χ1n) is 7.58. The molecule has 0 saturated heterocycles. The molecule has 2 rings (SSSR count). The van der Waals surface area contributed by atoms with E-state index in [0.29, 0.717) is 5.75 Å². The average molecular weight is 278 g/mol. The zero-order valence-corrected chi connectivity index (χ0v) is 13.5. The summed E-state index contributed by atoms with van der Waals surface area (Å²) in [5.41, 5.74) is 0.970. The van der Waals surface area contributed by atoms with Gasteiger partial charge in [0.05, 0.1) is 0 Å². The second-order valence-electron chi connectivity index (χ2n) is 6.12. The molecule has 0 heterocycles. The van der Waals surface area contributed by atoms with Crippen molar-refractivity contribution in [2.45, 2.75) is 44.7 Å². The van der Waals surface area contributed by atoms with Gasteiger partial charge in [-0.15, -0.1) is 0 Å². The maximum absolute atomic E-state index is 9.33. The van der Waals surface area contributed by atoms with E-state index in [1.165, 1.54) is 32.1 Å². The lowest BCUT2D eigenvalue weighted by molar-refractivity contribution is 0.229. The van der Waals surface area contributed by atoms with Crippen molar-refractivity contribution in [2.75, 3.05) is 28.2 Å². The van der Waals surface area contributed by atoms with Crippen LogP contribution < -0.4 is 0 Å². The molecule has 1 aromatic carbocycles. The minimum absolute atomic E-state index is 0.376. The van der Waals surface area contributed by atoms with Crippen LogP contribution in [-0.4, -0.2) is 49.1 Å². The number of benzene rings is 1. The minimum atomic E-state index is 0.376. The third-order valence-electron chi connectivity index (χ3n) is 3.78. The summed E-state index contributed by atoms with van der Waals surface area (Å²) in [5.74, 6) is 0.376. The van der Waals surface area contributed by atoms with Gasteiger partial charge >= 0.3 is 0 Å². The highest BCUT2D eigenvalue weighted by atomic mass is 16.3. The minimum Gasteiger partial charge on any atom is -0.508 e. The molecule has 0 aliphatic heterocycles. The SMILES string of the molecule is CN(C)C1CCCCC1.CN(C)Cc1ccccc1O. The van der Waals surface area contributed by atoms with Gasteiger partial charge in [-0.25, -0.2) is 0 Å². The van der Waals surface area contributed by atoms with Gasteiger partial charge in [0.1, 0.15) is 5.75 Å². The molecule has 1 saturated carbocycles. The predicted molar refractivity (Wildman–Crippen MR) is 86.1 cm³/mol. The van der Waals surface area contributed by atoms with Gasteiger partial charge in [0, 0.05) is 18.2 Å². The summed E-state index contributed by atoms with van der Waals surface area (Å²) < 4.78 is 0. The van der Waals surface area contributed by atoms with Crippen molar-refractivity contribution < 1.29 is 5.11 Å². The van der Waals surface area contributed by atoms with Crippen LogP contribution in [-0.2, 0) is 6.54 Å². The molecule has 3 nitrogen and oxygen atoms in total. The van der Waals surface area contributed by atoms with E-state index in [1.54, 1.807) is 6.07 Å². The topological polar surface area (TPSA) is 26.7 Å². The van der Waals surface area contributed by atoms with Crippen LogP contribution >= 0.6 is 0 Å². The normalized spacial score (nSPS) is 16.1. The summed E-state index contributed by atoms with van der Waals surface area (Å²) in [6.07, 6.45) is 7.20. The van der Waals surface area contributed by atoms with Crippen molar-refractivity contribution in [2.24, 2.45) is 0 Å². The number of para-hydroxylation sites is 1. The quantitative estimate of drug-likeness (QED) is 0.918. The van der Waals surface area contributed by atoms with E-state index >= 15 is 0 Å². The van der Waals surface area contributed by atoms with Crippen LogP contribution in [0.5, 0.6) is 5.75 Å². The first-order valence-corrected chi connectivity index (χ1v) is 7.58. The van der Waals surface area contributed by atoms with Crippen molar-refractivity contribution in [1.29, 1.82) is 0 Å². The molecule has 3 heteroatoms. The van der Waals surface area contributed by atoms with Crippen molar-refractivity contribution in [3.05, 3.63) is 29.8 Å². The Morgan fingerprint density at radius 3 is 2.05 bits per heavy atom. The van der Waals surface area contributed by atoms with Gasteiger partial charge in [-0.3, -0.25) is 0 Å². The monoisotopic (exact) mass is 278 g/mol. The fourth-order valence-corrected chi connectivity index (χ4v) is 2.58. The van der Waals surface area contributed by atoms with Gasteiger partial charge in [0.15, 0.2) is 0 Å². The molecule has 1 aliphatic carbocycles. The van der Waals surface area contributed by atoms with Gasteiger partial charge in [0.25, 0.3) is 0 Å². The molecule has 0 atom stereocenters. The zero-order valence-electron chi connectivity index (χ0n) is 13.5. The Morgan fingerprint density at radius 1 is 1.00 bits per heavy atom. The van der Waals surface area contributed by atoms with E-state index in [1.807, 2.05) is 37.2 Å². The number of hydrogen-bond donors (Lipinski definition) is 1. The van der Waals surface area contributed by atoms with Crippen LogP contribution in [0.25, 0.3) is 0 Å². The number of nitrogens with zero attached hydrogens (tertiary/aromatic N) is 2. The average Bonchev–Trinajstić information content (AvgIpc) is 2.43. The summed E-state index contributed by atoms with van der Waals surface area (Å²) in [7, 11) is 8.34. The van der Waals surface area contributed by atoms with Gasteiger partial charge in [-0.05, 0) is 47.1 Å². The Bertz CT molecular complexity index is 371. The maximum atomic E-state index is 9.33. The molecule has 0 amide bonds. The Hall–Kier alpha value is -1.06. The molecule has 0 spiro atoms. The Balaban J connectivity index is 0.000000204. The molecule has 1 aromatic rings. The molecule has 1 aliphatic rings. The molecular formula is C17H30N2O. The van der Waals surface area contributed by atoms with Gasteiger partial charge in [0.2, 0.25) is 0 Å². The van der Waals surface area contributed by atoms with Crippen LogP contribution in [0.2, 0.25) is 0 Å². The number of phenolic OH excluding ortho intramolecular Hbond substituents is 1. The fourth-order valence-electron chi connectivity index (χ4n) is 2.58. The molecule has 20 heavy (non-hydrogen) atoms. The van der Waals surface area contributed by atoms with Gasteiger partial charge < -0.3 is 14.9 Å². The first kappa shape index (κ1) is 17.0. The largest absolute Gasteiger partial charge is 0.508 e. The smallest absolute Gasteiger partial charge is 0.120 e. The Labute approximate surface area is 124 Å². The molecule has 0 aromatic heterocycles. The summed E-state index contributed by atoms with van der Waals surface area (Å²) in [6, 6.07) is 8.28. The molecule has 1 N–H and O–H groups in total. The lowest BCUT2D eigenvalue weighted by Gasteiger charge is -2.27. The molecule has 0 bridgehead atoms. The number of rotatable bonds is 3. The molecule has 0 radical (unpaired) electrons. The molecule has 1 fully saturated rings. The van der Waals surface area contributed by atoms with Crippen LogP contribution in [0.4, 0.5) is 0 Å². The third kappa shape index (κ3) is 6.40. The van der Waals surface area contributed by atoms with Crippen molar-refractivity contribution >= 4 is 0 Å². The highest BCUT2D eigenvalue weighted by Gasteiger charge is 2.13. The van der Waals surface area contributed by atoms with Gasteiger partial charge in [-0.2, -0.15) is 0 Å². The summed E-state index contributed by atoms with van der Waals surface area (Å²) in [6.45, 7) is 0.784. The second-order valence-corrected chi connectivity index (χ2v) is 6.12. The van der Waals surface area contributed by atoms with Crippen LogP contribution in [0, 0.1) is 0 Å². The van der Waals surface area contributed by atoms with Crippen LogP contribution in [0.3, 0.4) is 0 Å². The second kappa shape index (κ2) is 8.98. The molecule has 114 valence electrons. The van der Waals surface area contributed by atoms with Crippen molar-refractivity contribution in [3.63, 3.8) is 0 Å².